The van der Waals surface area contributed by atoms with E-state index in [4.69, 9.17) is 9.47 Å². The zero-order chi connectivity index (χ0) is 24.0. The average Bonchev–Trinajstić information content (AvgIpc) is 3.42. The number of rotatable bonds is 5. The molecule has 1 aliphatic heterocycles. The van der Waals surface area contributed by atoms with E-state index in [-0.39, 0.29) is 18.4 Å². The summed E-state index contributed by atoms with van der Waals surface area (Å²) in [5.41, 5.74) is -0.0907. The summed E-state index contributed by atoms with van der Waals surface area (Å²) in [6.07, 6.45) is 0. The molecule has 1 aliphatic rings. The number of anilines is 1. The lowest BCUT2D eigenvalue weighted by molar-refractivity contribution is -0.128. The number of amides is 2. The molecule has 4 rings (SSSR count). The van der Waals surface area contributed by atoms with Gasteiger partial charge in [-0.15, -0.1) is 11.3 Å². The Bertz CT molecular complexity index is 1170. The van der Waals surface area contributed by atoms with Gasteiger partial charge in [0.1, 0.15) is 28.4 Å². The topological polar surface area (TPSA) is 85.7 Å². The van der Waals surface area contributed by atoms with Crippen molar-refractivity contribution < 1.29 is 19.1 Å². The van der Waals surface area contributed by atoms with Gasteiger partial charge in [0.25, 0.3) is 5.91 Å². The molecule has 174 valence electrons. The fourth-order valence-electron chi connectivity index (χ4n) is 3.93. The second-order valence-electron chi connectivity index (χ2n) is 9.24. The normalized spacial score (nSPS) is 18.1. The molecule has 0 fully saturated rings. The summed E-state index contributed by atoms with van der Waals surface area (Å²) >= 11 is 1.55. The second-order valence-corrected chi connectivity index (χ2v) is 10.2. The van der Waals surface area contributed by atoms with Crippen molar-refractivity contribution in [1.29, 1.82) is 0 Å². The third kappa shape index (κ3) is 4.20. The SMILES string of the molecule is COc1cc(OC)cc(N2C(=O)c3cc(-c4cccs4)nn3CC2(C)C(=O)NC(C)(C)C)c1. The van der Waals surface area contributed by atoms with Crippen LogP contribution in [-0.4, -0.2) is 46.9 Å². The predicted molar refractivity (Wildman–Crippen MR) is 128 cm³/mol. The molecule has 9 heteroatoms. The minimum Gasteiger partial charge on any atom is -0.497 e. The van der Waals surface area contributed by atoms with Crippen molar-refractivity contribution in [1.82, 2.24) is 15.1 Å². The highest BCUT2D eigenvalue weighted by Crippen LogP contribution is 2.38. The molecule has 0 aliphatic carbocycles. The van der Waals surface area contributed by atoms with Crippen LogP contribution in [0.4, 0.5) is 5.69 Å². The van der Waals surface area contributed by atoms with E-state index < -0.39 is 11.1 Å². The van der Waals surface area contributed by atoms with Crippen LogP contribution < -0.4 is 19.7 Å². The molecule has 1 atom stereocenters. The summed E-state index contributed by atoms with van der Waals surface area (Å²) in [5.74, 6) is 0.450. The number of carbonyl (C=O) groups excluding carboxylic acids is 2. The minimum atomic E-state index is -1.24. The molecule has 2 amide bonds. The van der Waals surface area contributed by atoms with E-state index in [9.17, 15) is 9.59 Å². The van der Waals surface area contributed by atoms with Crippen molar-refractivity contribution in [2.45, 2.75) is 45.3 Å². The lowest BCUT2D eigenvalue weighted by Gasteiger charge is -2.44. The zero-order valence-electron chi connectivity index (χ0n) is 19.6. The van der Waals surface area contributed by atoms with Crippen molar-refractivity contribution in [3.63, 3.8) is 0 Å². The second kappa shape index (κ2) is 8.22. The zero-order valence-corrected chi connectivity index (χ0v) is 20.4. The molecule has 0 spiro atoms. The molecule has 3 heterocycles. The number of benzene rings is 1. The highest BCUT2D eigenvalue weighted by atomic mass is 32.1. The number of hydrogen-bond donors (Lipinski definition) is 1. The predicted octanol–water partition coefficient (Wildman–Crippen LogP) is 3.96. The van der Waals surface area contributed by atoms with Crippen LogP contribution in [0.25, 0.3) is 10.6 Å². The molecule has 8 nitrogen and oxygen atoms in total. The first-order valence-corrected chi connectivity index (χ1v) is 11.5. The van der Waals surface area contributed by atoms with Crippen molar-refractivity contribution in [2.24, 2.45) is 0 Å². The van der Waals surface area contributed by atoms with Gasteiger partial charge in [-0.05, 0) is 45.2 Å². The molecule has 3 aromatic rings. The Morgan fingerprint density at radius 2 is 1.82 bits per heavy atom. The number of thiophene rings is 1. The van der Waals surface area contributed by atoms with Gasteiger partial charge in [-0.2, -0.15) is 5.10 Å². The van der Waals surface area contributed by atoms with Gasteiger partial charge in [-0.1, -0.05) is 6.07 Å². The van der Waals surface area contributed by atoms with E-state index >= 15 is 0 Å². The Kier molecular flexibility index (Phi) is 5.69. The van der Waals surface area contributed by atoms with Crippen LogP contribution in [0.3, 0.4) is 0 Å². The molecular formula is C24H28N4O4S. The van der Waals surface area contributed by atoms with Gasteiger partial charge in [-0.25, -0.2) is 0 Å². The standard InChI is InChI=1S/C24H28N4O4S/c1-23(2,3)25-22(30)24(4)14-27-19(13-18(26-27)20-8-7-9-33-20)21(29)28(24)15-10-16(31-5)12-17(11-15)32-6/h7-13H,14H2,1-6H3,(H,25,30). The number of ether oxygens (including phenoxy) is 2. The number of nitrogens with zero attached hydrogens (tertiary/aromatic N) is 3. The van der Waals surface area contributed by atoms with Gasteiger partial charge in [0, 0.05) is 23.7 Å². The highest BCUT2D eigenvalue weighted by molar-refractivity contribution is 7.13. The van der Waals surface area contributed by atoms with Crippen LogP contribution >= 0.6 is 11.3 Å². The van der Waals surface area contributed by atoms with Crippen LogP contribution in [0.5, 0.6) is 11.5 Å². The molecule has 0 saturated carbocycles. The third-order valence-electron chi connectivity index (χ3n) is 5.50. The smallest absolute Gasteiger partial charge is 0.277 e. The van der Waals surface area contributed by atoms with Crippen molar-refractivity contribution in [3.05, 3.63) is 47.5 Å². The summed E-state index contributed by atoms with van der Waals surface area (Å²) in [4.78, 5) is 30.0. The number of nitrogens with one attached hydrogen (secondary N) is 1. The highest BCUT2D eigenvalue weighted by Gasteiger charge is 2.49. The van der Waals surface area contributed by atoms with Crippen LogP contribution in [0.1, 0.15) is 38.2 Å². The Balaban J connectivity index is 1.88. The van der Waals surface area contributed by atoms with Gasteiger partial charge < -0.3 is 14.8 Å². The van der Waals surface area contributed by atoms with E-state index in [2.05, 4.69) is 10.4 Å². The van der Waals surface area contributed by atoms with Crippen LogP contribution in [0, 0.1) is 0 Å². The van der Waals surface area contributed by atoms with E-state index in [0.29, 0.717) is 28.6 Å². The van der Waals surface area contributed by atoms with Crippen LogP contribution in [0.2, 0.25) is 0 Å². The van der Waals surface area contributed by atoms with Crippen molar-refractivity contribution >= 4 is 28.8 Å². The Hall–Kier alpha value is -3.33. The molecule has 33 heavy (non-hydrogen) atoms. The van der Waals surface area contributed by atoms with Crippen LogP contribution in [-0.2, 0) is 11.3 Å². The molecule has 0 bridgehead atoms. The maximum Gasteiger partial charge on any atom is 0.277 e. The van der Waals surface area contributed by atoms with Gasteiger partial charge in [0.2, 0.25) is 5.91 Å². The van der Waals surface area contributed by atoms with Gasteiger partial charge in [-0.3, -0.25) is 19.2 Å². The summed E-state index contributed by atoms with van der Waals surface area (Å²) in [5, 5.41) is 9.66. The van der Waals surface area contributed by atoms with E-state index in [0.717, 1.165) is 4.88 Å². The third-order valence-corrected chi connectivity index (χ3v) is 6.39. The summed E-state index contributed by atoms with van der Waals surface area (Å²) in [6.45, 7) is 7.68. The van der Waals surface area contributed by atoms with Gasteiger partial charge >= 0.3 is 0 Å². The first kappa shape index (κ1) is 22.8. The average molecular weight is 469 g/mol. The Morgan fingerprint density at radius 3 is 2.36 bits per heavy atom. The molecule has 0 saturated heterocycles. The molecular weight excluding hydrogens is 440 g/mol. The first-order valence-electron chi connectivity index (χ1n) is 10.6. The van der Waals surface area contributed by atoms with Gasteiger partial charge in [0.05, 0.1) is 31.3 Å². The molecule has 1 unspecified atom stereocenters. The summed E-state index contributed by atoms with van der Waals surface area (Å²) in [6, 6.07) is 10.9. The fraction of sp³-hybridized carbons (Fsp3) is 0.375. The molecule has 1 aromatic carbocycles. The lowest BCUT2D eigenvalue weighted by Crippen LogP contribution is -2.66. The maximum atomic E-state index is 13.9. The van der Waals surface area contributed by atoms with Crippen molar-refractivity contribution in [2.75, 3.05) is 19.1 Å². The Labute approximate surface area is 197 Å². The van der Waals surface area contributed by atoms with E-state index in [1.807, 2.05) is 38.3 Å². The Morgan fingerprint density at radius 1 is 1.15 bits per heavy atom. The maximum absolute atomic E-state index is 13.9. The van der Waals surface area contributed by atoms with E-state index in [1.165, 1.54) is 4.90 Å². The summed E-state index contributed by atoms with van der Waals surface area (Å²) < 4.78 is 12.5. The van der Waals surface area contributed by atoms with Crippen molar-refractivity contribution in [3.8, 4) is 22.1 Å². The largest absolute Gasteiger partial charge is 0.497 e. The van der Waals surface area contributed by atoms with Crippen LogP contribution in [0.15, 0.2) is 41.8 Å². The molecule has 1 N–H and O–H groups in total. The number of carbonyl (C=O) groups is 2. The number of hydrogen-bond acceptors (Lipinski definition) is 6. The minimum absolute atomic E-state index is 0.195. The quantitative estimate of drug-likeness (QED) is 0.613. The monoisotopic (exact) mass is 468 g/mol. The molecule has 0 radical (unpaired) electrons. The summed E-state index contributed by atoms with van der Waals surface area (Å²) in [7, 11) is 3.09. The fourth-order valence-corrected chi connectivity index (χ4v) is 4.61. The number of methoxy groups -OCH3 is 2. The number of fused-ring (bicyclic) bond motifs is 1. The van der Waals surface area contributed by atoms with E-state index in [1.54, 1.807) is 61.4 Å². The van der Waals surface area contributed by atoms with Gasteiger partial charge in [0.15, 0.2) is 0 Å². The molecule has 2 aromatic heterocycles. The lowest BCUT2D eigenvalue weighted by atomic mass is 9.92. The first-order chi connectivity index (χ1) is 15.6. The number of aromatic nitrogens is 2.